The van der Waals surface area contributed by atoms with E-state index >= 15 is 0 Å². The van der Waals surface area contributed by atoms with Gasteiger partial charge >= 0.3 is 5.97 Å². The minimum Gasteiger partial charge on any atom is -0.380 e. The zero-order valence-electron chi connectivity index (χ0n) is 10.4. The van der Waals surface area contributed by atoms with Crippen molar-refractivity contribution in [3.63, 3.8) is 0 Å². The number of carbonyl (C=O) groups excluding carboxylic acids is 1. The lowest BCUT2D eigenvalue weighted by atomic mass is 10.2. The second kappa shape index (κ2) is 6.76. The predicted molar refractivity (Wildman–Crippen MR) is 81.8 cm³/mol. The fraction of sp³-hybridized carbons (Fsp3) is 0. The minimum absolute atomic E-state index is 0.00294. The first-order valence-electron chi connectivity index (χ1n) is 5.59. The maximum atomic E-state index is 11.8. The fourth-order valence-corrected chi connectivity index (χ4v) is 1.84. The monoisotopic (exact) mass is 343 g/mol. The van der Waals surface area contributed by atoms with Gasteiger partial charge in [0.2, 0.25) is 0 Å². The van der Waals surface area contributed by atoms with Gasteiger partial charge in [-0.15, -0.1) is 0 Å². The van der Waals surface area contributed by atoms with Crippen LogP contribution in [0.2, 0.25) is 15.2 Å². The SMILES string of the molecule is NC(=NOC(=O)c1cc(Cl)cnc1Cl)c1ccc(Cl)cc1. The third-order valence-electron chi connectivity index (χ3n) is 2.39. The quantitative estimate of drug-likeness (QED) is 0.304. The maximum Gasteiger partial charge on any atom is 0.368 e. The highest BCUT2D eigenvalue weighted by molar-refractivity contribution is 6.34. The molecule has 8 heteroatoms. The summed E-state index contributed by atoms with van der Waals surface area (Å²) in [5.41, 5.74) is 6.25. The summed E-state index contributed by atoms with van der Waals surface area (Å²) in [5.74, 6) is -0.793. The van der Waals surface area contributed by atoms with E-state index < -0.39 is 5.97 Å². The Kier molecular flexibility index (Phi) is 5.01. The first kappa shape index (κ1) is 15.6. The Balaban J connectivity index is 2.14. The first-order valence-corrected chi connectivity index (χ1v) is 6.72. The highest BCUT2D eigenvalue weighted by Crippen LogP contribution is 2.18. The summed E-state index contributed by atoms with van der Waals surface area (Å²) < 4.78 is 0. The standard InChI is InChI=1S/C13H8Cl3N3O2/c14-8-3-1-7(2-4-8)12(17)19-21-13(20)10-5-9(15)6-18-11(10)16/h1-6H,(H2,17,19). The topological polar surface area (TPSA) is 77.6 Å². The maximum absolute atomic E-state index is 11.8. The number of nitrogens with two attached hydrogens (primary N) is 1. The van der Waals surface area contributed by atoms with Gasteiger partial charge in [-0.25, -0.2) is 9.78 Å². The molecule has 0 amide bonds. The summed E-state index contributed by atoms with van der Waals surface area (Å²) >= 11 is 17.3. The Morgan fingerprint density at radius 2 is 1.81 bits per heavy atom. The van der Waals surface area contributed by atoms with Gasteiger partial charge in [0.25, 0.3) is 0 Å². The average Bonchev–Trinajstić information content (AvgIpc) is 2.47. The largest absolute Gasteiger partial charge is 0.380 e. The molecule has 1 heterocycles. The van der Waals surface area contributed by atoms with Crippen LogP contribution in [0.15, 0.2) is 41.7 Å². The lowest BCUT2D eigenvalue weighted by Gasteiger charge is -2.03. The molecule has 0 bridgehead atoms. The number of halogens is 3. The van der Waals surface area contributed by atoms with Gasteiger partial charge in [0.05, 0.1) is 5.02 Å². The van der Waals surface area contributed by atoms with E-state index in [0.717, 1.165) is 0 Å². The lowest BCUT2D eigenvalue weighted by molar-refractivity contribution is 0.0516. The molecule has 1 aromatic heterocycles. The molecule has 0 saturated heterocycles. The van der Waals surface area contributed by atoms with Crippen molar-refractivity contribution >= 4 is 46.6 Å². The first-order chi connectivity index (χ1) is 9.97. The lowest BCUT2D eigenvalue weighted by Crippen LogP contribution is -2.15. The van der Waals surface area contributed by atoms with E-state index in [0.29, 0.717) is 10.6 Å². The van der Waals surface area contributed by atoms with Gasteiger partial charge in [0, 0.05) is 16.8 Å². The number of pyridine rings is 1. The summed E-state index contributed by atoms with van der Waals surface area (Å²) in [6.45, 7) is 0. The highest BCUT2D eigenvalue weighted by atomic mass is 35.5. The molecule has 0 aliphatic rings. The Morgan fingerprint density at radius 3 is 2.48 bits per heavy atom. The van der Waals surface area contributed by atoms with Crippen LogP contribution in [-0.4, -0.2) is 16.8 Å². The molecule has 0 spiro atoms. The summed E-state index contributed by atoms with van der Waals surface area (Å²) in [6.07, 6.45) is 1.31. The van der Waals surface area contributed by atoms with Crippen LogP contribution in [-0.2, 0) is 4.84 Å². The van der Waals surface area contributed by atoms with Crippen molar-refractivity contribution in [2.24, 2.45) is 10.9 Å². The molecule has 2 aromatic rings. The molecule has 2 rings (SSSR count). The number of oxime groups is 1. The van der Waals surface area contributed by atoms with Crippen LogP contribution < -0.4 is 5.73 Å². The number of aromatic nitrogens is 1. The van der Waals surface area contributed by atoms with Gasteiger partial charge < -0.3 is 10.6 Å². The molecular weight excluding hydrogens is 337 g/mol. The van der Waals surface area contributed by atoms with E-state index in [9.17, 15) is 4.79 Å². The minimum atomic E-state index is -0.813. The molecule has 1 aromatic carbocycles. The number of hydrogen-bond acceptors (Lipinski definition) is 4. The predicted octanol–water partition coefficient (Wildman–Crippen LogP) is 3.52. The normalized spacial score (nSPS) is 11.3. The number of nitrogens with zero attached hydrogens (tertiary/aromatic N) is 2. The molecule has 0 atom stereocenters. The molecule has 5 nitrogen and oxygen atoms in total. The van der Waals surface area contributed by atoms with Crippen LogP contribution in [0.25, 0.3) is 0 Å². The van der Waals surface area contributed by atoms with Gasteiger partial charge in [-0.2, -0.15) is 0 Å². The van der Waals surface area contributed by atoms with E-state index in [1.165, 1.54) is 12.3 Å². The summed E-state index contributed by atoms with van der Waals surface area (Å²) in [6, 6.07) is 7.89. The summed E-state index contributed by atoms with van der Waals surface area (Å²) in [5, 5.41) is 4.31. The zero-order valence-corrected chi connectivity index (χ0v) is 12.7. The molecule has 0 saturated carbocycles. The second-order valence-corrected chi connectivity index (χ2v) is 5.08. The molecular formula is C13H8Cl3N3O2. The van der Waals surface area contributed by atoms with Crippen LogP contribution in [0.3, 0.4) is 0 Å². The van der Waals surface area contributed by atoms with Gasteiger partial charge in [-0.05, 0) is 30.3 Å². The van der Waals surface area contributed by atoms with E-state index in [1.54, 1.807) is 24.3 Å². The Labute approximate surface area is 135 Å². The van der Waals surface area contributed by atoms with Crippen molar-refractivity contribution in [1.29, 1.82) is 0 Å². The Bertz CT molecular complexity index is 702. The van der Waals surface area contributed by atoms with Gasteiger partial charge in [-0.3, -0.25) is 0 Å². The van der Waals surface area contributed by atoms with Crippen LogP contribution in [0, 0.1) is 0 Å². The van der Waals surface area contributed by atoms with Crippen molar-refractivity contribution in [2.45, 2.75) is 0 Å². The molecule has 0 aliphatic carbocycles. The van der Waals surface area contributed by atoms with E-state index in [2.05, 4.69) is 10.1 Å². The van der Waals surface area contributed by atoms with Crippen molar-refractivity contribution in [2.75, 3.05) is 0 Å². The smallest absolute Gasteiger partial charge is 0.368 e. The van der Waals surface area contributed by atoms with Gasteiger partial charge in [0.1, 0.15) is 10.7 Å². The van der Waals surface area contributed by atoms with E-state index in [1.807, 2.05) is 0 Å². The van der Waals surface area contributed by atoms with Crippen molar-refractivity contribution in [3.05, 3.63) is 62.9 Å². The summed E-state index contributed by atoms with van der Waals surface area (Å²) in [4.78, 5) is 20.3. The Hall–Kier alpha value is -1.82. The molecule has 0 aliphatic heterocycles. The number of hydrogen-bond donors (Lipinski definition) is 1. The van der Waals surface area contributed by atoms with Crippen LogP contribution in [0.1, 0.15) is 15.9 Å². The average molecular weight is 345 g/mol. The van der Waals surface area contributed by atoms with Crippen molar-refractivity contribution < 1.29 is 9.63 Å². The Morgan fingerprint density at radius 1 is 1.14 bits per heavy atom. The number of amidine groups is 1. The van der Waals surface area contributed by atoms with Gasteiger partial charge in [-0.1, -0.05) is 40.0 Å². The highest BCUT2D eigenvalue weighted by Gasteiger charge is 2.14. The van der Waals surface area contributed by atoms with Gasteiger partial charge in [0.15, 0.2) is 5.84 Å². The van der Waals surface area contributed by atoms with Crippen molar-refractivity contribution in [1.82, 2.24) is 4.98 Å². The molecule has 0 unspecified atom stereocenters. The molecule has 0 radical (unpaired) electrons. The van der Waals surface area contributed by atoms with Crippen LogP contribution >= 0.6 is 34.8 Å². The fourth-order valence-electron chi connectivity index (χ4n) is 1.38. The number of rotatable bonds is 3. The van der Waals surface area contributed by atoms with Crippen LogP contribution in [0.4, 0.5) is 0 Å². The molecule has 21 heavy (non-hydrogen) atoms. The third-order valence-corrected chi connectivity index (χ3v) is 3.15. The molecule has 0 fully saturated rings. The zero-order chi connectivity index (χ0) is 15.4. The number of benzene rings is 1. The van der Waals surface area contributed by atoms with Crippen molar-refractivity contribution in [3.8, 4) is 0 Å². The molecule has 2 N–H and O–H groups in total. The number of carbonyl (C=O) groups is 1. The van der Waals surface area contributed by atoms with Crippen LogP contribution in [0.5, 0.6) is 0 Å². The van der Waals surface area contributed by atoms with E-state index in [4.69, 9.17) is 45.4 Å². The second-order valence-electron chi connectivity index (χ2n) is 3.85. The summed E-state index contributed by atoms with van der Waals surface area (Å²) in [7, 11) is 0. The van der Waals surface area contributed by atoms with E-state index in [-0.39, 0.29) is 21.6 Å². The third kappa shape index (κ3) is 4.07. The molecule has 108 valence electrons.